The summed E-state index contributed by atoms with van der Waals surface area (Å²) in [6.07, 6.45) is 1.44. The Kier molecular flexibility index (Phi) is 5.57. The molecule has 1 amide bonds. The van der Waals surface area contributed by atoms with E-state index in [9.17, 15) is 9.90 Å². The van der Waals surface area contributed by atoms with Crippen molar-refractivity contribution < 1.29 is 14.6 Å². The van der Waals surface area contributed by atoms with E-state index >= 15 is 0 Å². The van der Waals surface area contributed by atoms with Gasteiger partial charge in [-0.15, -0.1) is 0 Å². The number of hydrogen-bond acceptors (Lipinski definition) is 4. The largest absolute Gasteiger partial charge is 0.507 e. The molecule has 0 spiro atoms. The average molecular weight is 428 g/mol. The van der Waals surface area contributed by atoms with Crippen LogP contribution in [0.15, 0.2) is 50.4 Å². The minimum atomic E-state index is -0.337. The number of carbonyl (C=O) groups is 1. The Morgan fingerprint density at radius 3 is 2.55 bits per heavy atom. The first-order chi connectivity index (χ1) is 10.5. The number of phenolic OH excluding ortho intramolecular Hbond substituents is 1. The number of nitrogens with one attached hydrogen (secondary N) is 1. The van der Waals surface area contributed by atoms with Crippen molar-refractivity contribution in [3.8, 4) is 11.5 Å². The van der Waals surface area contributed by atoms with Gasteiger partial charge in [0, 0.05) is 15.6 Å². The lowest BCUT2D eigenvalue weighted by atomic mass is 10.2. The zero-order chi connectivity index (χ0) is 16.1. The van der Waals surface area contributed by atoms with Crippen molar-refractivity contribution in [2.75, 3.05) is 7.11 Å². The Bertz CT molecular complexity index is 715. The molecule has 2 aromatic carbocycles. The first-order valence-corrected chi connectivity index (χ1v) is 7.75. The molecule has 2 rings (SSSR count). The zero-order valence-corrected chi connectivity index (χ0v) is 14.7. The van der Waals surface area contributed by atoms with E-state index in [4.69, 9.17) is 4.74 Å². The third kappa shape index (κ3) is 4.08. The minimum Gasteiger partial charge on any atom is -0.507 e. The van der Waals surface area contributed by atoms with Crippen LogP contribution in [0.1, 0.15) is 15.9 Å². The van der Waals surface area contributed by atoms with Gasteiger partial charge >= 0.3 is 0 Å². The van der Waals surface area contributed by atoms with Crippen molar-refractivity contribution in [3.63, 3.8) is 0 Å². The highest BCUT2D eigenvalue weighted by Crippen LogP contribution is 2.29. The van der Waals surface area contributed by atoms with E-state index in [2.05, 4.69) is 42.4 Å². The molecule has 0 aliphatic heterocycles. The fourth-order valence-corrected chi connectivity index (χ4v) is 2.72. The number of halogens is 2. The fraction of sp³-hybridized carbons (Fsp3) is 0.0667. The minimum absolute atomic E-state index is 0.0890. The monoisotopic (exact) mass is 426 g/mol. The van der Waals surface area contributed by atoms with Gasteiger partial charge < -0.3 is 9.84 Å². The number of benzene rings is 2. The first-order valence-electron chi connectivity index (χ1n) is 6.16. The average Bonchev–Trinajstić information content (AvgIpc) is 2.52. The molecule has 0 bridgehead atoms. The van der Waals surface area contributed by atoms with Gasteiger partial charge in [-0.25, -0.2) is 5.43 Å². The van der Waals surface area contributed by atoms with Crippen LogP contribution in [0.5, 0.6) is 11.5 Å². The van der Waals surface area contributed by atoms with E-state index in [0.29, 0.717) is 21.3 Å². The SMILES string of the molecule is COc1ccc(C(=O)NN=Cc2cc(O)c(Br)cc2Br)cc1. The number of rotatable bonds is 4. The van der Waals surface area contributed by atoms with Crippen molar-refractivity contribution >= 4 is 44.0 Å². The summed E-state index contributed by atoms with van der Waals surface area (Å²) < 4.78 is 6.33. The molecule has 0 heterocycles. The lowest BCUT2D eigenvalue weighted by Crippen LogP contribution is -2.17. The highest BCUT2D eigenvalue weighted by molar-refractivity contribution is 9.11. The molecule has 5 nitrogen and oxygen atoms in total. The smallest absolute Gasteiger partial charge is 0.271 e. The molecule has 0 aliphatic rings. The topological polar surface area (TPSA) is 70.9 Å². The van der Waals surface area contributed by atoms with Crippen LogP contribution in [0.2, 0.25) is 0 Å². The summed E-state index contributed by atoms with van der Waals surface area (Å²) in [6, 6.07) is 9.90. The van der Waals surface area contributed by atoms with E-state index in [0.717, 1.165) is 4.47 Å². The summed E-state index contributed by atoms with van der Waals surface area (Å²) in [6.45, 7) is 0. The van der Waals surface area contributed by atoms with Crippen LogP contribution in [0, 0.1) is 0 Å². The maximum absolute atomic E-state index is 11.9. The molecular formula is C15H12Br2N2O3. The maximum atomic E-state index is 11.9. The number of nitrogens with zero attached hydrogens (tertiary/aromatic N) is 1. The quantitative estimate of drug-likeness (QED) is 0.577. The van der Waals surface area contributed by atoms with Crippen molar-refractivity contribution in [3.05, 3.63) is 56.5 Å². The van der Waals surface area contributed by atoms with Crippen LogP contribution in [0.4, 0.5) is 0 Å². The van der Waals surface area contributed by atoms with Crippen molar-refractivity contribution in [2.24, 2.45) is 5.10 Å². The van der Waals surface area contributed by atoms with E-state index in [1.165, 1.54) is 12.3 Å². The van der Waals surface area contributed by atoms with Crippen molar-refractivity contribution in [1.29, 1.82) is 0 Å². The number of aromatic hydroxyl groups is 1. The Morgan fingerprint density at radius 1 is 1.23 bits per heavy atom. The Hall–Kier alpha value is -1.86. The Morgan fingerprint density at radius 2 is 1.91 bits per heavy atom. The highest BCUT2D eigenvalue weighted by Gasteiger charge is 2.06. The van der Waals surface area contributed by atoms with Crippen LogP contribution in [0.25, 0.3) is 0 Å². The molecule has 22 heavy (non-hydrogen) atoms. The van der Waals surface area contributed by atoms with E-state index in [-0.39, 0.29) is 11.7 Å². The number of ether oxygens (including phenoxy) is 1. The van der Waals surface area contributed by atoms with Gasteiger partial charge in [-0.1, -0.05) is 15.9 Å². The number of carbonyl (C=O) groups excluding carboxylic acids is 1. The summed E-state index contributed by atoms with van der Waals surface area (Å²) in [5, 5.41) is 13.5. The van der Waals surface area contributed by atoms with Gasteiger partial charge in [-0.3, -0.25) is 4.79 Å². The van der Waals surface area contributed by atoms with Crippen LogP contribution in [-0.2, 0) is 0 Å². The predicted octanol–water partition coefficient (Wildman–Crippen LogP) is 3.69. The van der Waals surface area contributed by atoms with Gasteiger partial charge in [0.25, 0.3) is 5.91 Å². The van der Waals surface area contributed by atoms with Crippen LogP contribution >= 0.6 is 31.9 Å². The summed E-state index contributed by atoms with van der Waals surface area (Å²) in [4.78, 5) is 11.9. The molecule has 0 saturated carbocycles. The molecule has 2 N–H and O–H groups in total. The van der Waals surface area contributed by atoms with E-state index < -0.39 is 0 Å². The number of phenols is 1. The second-order valence-electron chi connectivity index (χ2n) is 4.25. The zero-order valence-electron chi connectivity index (χ0n) is 11.5. The first kappa shape index (κ1) is 16.5. The molecule has 2 aromatic rings. The van der Waals surface area contributed by atoms with Crippen LogP contribution in [-0.4, -0.2) is 24.3 Å². The fourth-order valence-electron chi connectivity index (χ4n) is 1.62. The number of methoxy groups -OCH3 is 1. The van der Waals surface area contributed by atoms with Gasteiger partial charge in [0.05, 0.1) is 17.8 Å². The number of hydrazone groups is 1. The maximum Gasteiger partial charge on any atom is 0.271 e. The number of hydrogen-bond donors (Lipinski definition) is 2. The molecule has 0 aliphatic carbocycles. The second-order valence-corrected chi connectivity index (χ2v) is 5.96. The Balaban J connectivity index is 2.05. The lowest BCUT2D eigenvalue weighted by Gasteiger charge is -2.03. The van der Waals surface area contributed by atoms with Gasteiger partial charge in [-0.2, -0.15) is 5.10 Å². The van der Waals surface area contributed by atoms with E-state index in [1.807, 2.05) is 0 Å². The van der Waals surface area contributed by atoms with Gasteiger partial charge in [0.1, 0.15) is 11.5 Å². The molecular weight excluding hydrogens is 416 g/mol. The van der Waals surface area contributed by atoms with Crippen LogP contribution in [0.3, 0.4) is 0 Å². The lowest BCUT2D eigenvalue weighted by molar-refractivity contribution is 0.0955. The van der Waals surface area contributed by atoms with E-state index in [1.54, 1.807) is 37.4 Å². The highest BCUT2D eigenvalue weighted by atomic mass is 79.9. The number of amides is 1. The molecule has 0 saturated heterocycles. The summed E-state index contributed by atoms with van der Waals surface area (Å²) in [5.41, 5.74) is 3.52. The molecule has 0 unspecified atom stereocenters. The molecule has 0 radical (unpaired) electrons. The Labute approximate surface area is 144 Å². The summed E-state index contributed by atoms with van der Waals surface area (Å²) >= 11 is 6.56. The third-order valence-corrected chi connectivity index (χ3v) is 4.11. The van der Waals surface area contributed by atoms with Crippen molar-refractivity contribution in [2.45, 2.75) is 0 Å². The molecule has 0 atom stereocenters. The summed E-state index contributed by atoms with van der Waals surface area (Å²) in [5.74, 6) is 0.428. The third-order valence-electron chi connectivity index (χ3n) is 2.79. The second kappa shape index (κ2) is 7.42. The van der Waals surface area contributed by atoms with Gasteiger partial charge in [-0.05, 0) is 52.3 Å². The normalized spacial score (nSPS) is 10.7. The van der Waals surface area contributed by atoms with Crippen molar-refractivity contribution in [1.82, 2.24) is 5.43 Å². The van der Waals surface area contributed by atoms with Gasteiger partial charge in [0.15, 0.2) is 0 Å². The molecule has 0 fully saturated rings. The predicted molar refractivity (Wildman–Crippen MR) is 91.6 cm³/mol. The standard InChI is InChI=1S/C15H12Br2N2O3/c1-22-11-4-2-9(3-5-11)15(21)19-18-8-10-6-14(20)13(17)7-12(10)16/h2-8,20H,1H3,(H,19,21). The molecule has 114 valence electrons. The van der Waals surface area contributed by atoms with Gasteiger partial charge in [0.2, 0.25) is 0 Å². The molecule has 0 aromatic heterocycles. The van der Waals surface area contributed by atoms with Crippen LogP contribution < -0.4 is 10.2 Å². The summed E-state index contributed by atoms with van der Waals surface area (Å²) in [7, 11) is 1.56. The molecule has 7 heteroatoms.